The fourth-order valence-corrected chi connectivity index (χ4v) is 3.68. The molecule has 1 aliphatic heterocycles. The molecule has 0 saturated carbocycles. The van der Waals surface area contributed by atoms with Gasteiger partial charge in [-0.15, -0.1) is 12.4 Å². The number of rotatable bonds is 7. The van der Waals surface area contributed by atoms with Crippen molar-refractivity contribution in [2.24, 2.45) is 5.73 Å². The van der Waals surface area contributed by atoms with Gasteiger partial charge in [0.15, 0.2) is 0 Å². The number of aliphatic carboxylic acids is 1. The van der Waals surface area contributed by atoms with Crippen molar-refractivity contribution in [3.8, 4) is 0 Å². The van der Waals surface area contributed by atoms with Crippen LogP contribution in [-0.4, -0.2) is 44.8 Å². The lowest BCUT2D eigenvalue weighted by Gasteiger charge is -2.35. The Morgan fingerprint density at radius 3 is 2.21 bits per heavy atom. The highest BCUT2D eigenvalue weighted by Gasteiger charge is 2.53. The van der Waals surface area contributed by atoms with E-state index in [4.69, 9.17) is 11.1 Å². The van der Waals surface area contributed by atoms with E-state index in [0.717, 1.165) is 11.9 Å². The molecule has 0 aliphatic carbocycles. The van der Waals surface area contributed by atoms with Crippen molar-refractivity contribution in [2.45, 2.75) is 31.8 Å². The molecule has 2 atom stereocenters. The molecule has 0 aromatic heterocycles. The van der Waals surface area contributed by atoms with Crippen LogP contribution in [0.1, 0.15) is 43.0 Å². The molecule has 2 aromatic rings. The number of carbonyl (C=O) groups is 4. The number of hydrazine groups is 1. The van der Waals surface area contributed by atoms with E-state index < -0.39 is 41.8 Å². The number of carbonyl (C=O) groups excluding carboxylic acids is 3. The van der Waals surface area contributed by atoms with E-state index in [2.05, 4.69) is 5.32 Å². The third kappa shape index (κ3) is 4.80. The summed E-state index contributed by atoms with van der Waals surface area (Å²) in [6, 6.07) is 12.6. The van der Waals surface area contributed by atoms with Crippen LogP contribution in [0.2, 0.25) is 0 Å². The minimum Gasteiger partial charge on any atom is -0.481 e. The summed E-state index contributed by atoms with van der Waals surface area (Å²) in [5.41, 5.74) is 5.29. The Morgan fingerprint density at radius 1 is 1.15 bits per heavy atom. The minimum atomic E-state index is -1.51. The molecule has 0 bridgehead atoms. The Balaban J connectivity index is 0.00000385. The first-order valence-electron chi connectivity index (χ1n) is 9.74. The number of amides is 4. The maximum atomic E-state index is 13.5. The first-order valence-corrected chi connectivity index (χ1v) is 9.74. The van der Waals surface area contributed by atoms with Gasteiger partial charge in [0.1, 0.15) is 11.4 Å². The van der Waals surface area contributed by atoms with Gasteiger partial charge in [0.05, 0.1) is 12.5 Å². The van der Waals surface area contributed by atoms with Crippen molar-refractivity contribution >= 4 is 42.1 Å². The monoisotopic (exact) mass is 473 g/mol. The topological polar surface area (TPSA) is 157 Å². The third-order valence-corrected chi connectivity index (χ3v) is 5.33. The Labute approximate surface area is 196 Å². The number of halogens is 1. The van der Waals surface area contributed by atoms with Gasteiger partial charge in [-0.3, -0.25) is 19.8 Å². The number of hydrogen-bond donors (Lipinski definition) is 4. The van der Waals surface area contributed by atoms with Crippen LogP contribution < -0.4 is 11.1 Å². The average molecular weight is 474 g/mol. The molecule has 174 valence electrons. The van der Waals surface area contributed by atoms with Crippen molar-refractivity contribution in [3.63, 3.8) is 0 Å². The zero-order valence-electron chi connectivity index (χ0n) is 17.9. The normalized spacial score (nSPS) is 18.2. The van der Waals surface area contributed by atoms with Gasteiger partial charge in [0.25, 0.3) is 5.91 Å². The van der Waals surface area contributed by atoms with E-state index >= 15 is 0 Å². The summed E-state index contributed by atoms with van der Waals surface area (Å²) in [6.07, 6.45) is -0.509. The highest BCUT2D eigenvalue weighted by molar-refractivity contribution is 6.08. The number of benzene rings is 2. The summed E-state index contributed by atoms with van der Waals surface area (Å²) in [5.74, 6) is -2.74. The highest BCUT2D eigenvalue weighted by Crippen LogP contribution is 2.34. The Kier molecular flexibility index (Phi) is 7.45. The second-order valence-electron chi connectivity index (χ2n) is 7.55. The lowest BCUT2D eigenvalue weighted by Crippen LogP contribution is -2.52. The molecule has 1 fully saturated rings. The van der Waals surface area contributed by atoms with Crippen molar-refractivity contribution in [2.75, 3.05) is 0 Å². The van der Waals surface area contributed by atoms with Crippen LogP contribution in [0.4, 0.5) is 4.79 Å². The van der Waals surface area contributed by atoms with E-state index in [9.17, 15) is 24.3 Å². The molecule has 5 N–H and O–H groups in total. The molecule has 0 unspecified atom stereocenters. The number of nitrogens with one attached hydrogen (secondary N) is 2. The number of nitrogens with two attached hydrogens (primary N) is 1. The van der Waals surface area contributed by atoms with Gasteiger partial charge in [-0.05, 0) is 18.1 Å². The summed E-state index contributed by atoms with van der Waals surface area (Å²) < 4.78 is 0. The largest absolute Gasteiger partial charge is 0.481 e. The van der Waals surface area contributed by atoms with E-state index in [1.807, 2.05) is 0 Å². The number of nitrogens with zero attached hydrogens (tertiary/aromatic N) is 2. The summed E-state index contributed by atoms with van der Waals surface area (Å²) >= 11 is 0. The fourth-order valence-electron chi connectivity index (χ4n) is 3.68. The van der Waals surface area contributed by atoms with E-state index in [-0.39, 0.29) is 18.2 Å². The zero-order chi connectivity index (χ0) is 23.6. The van der Waals surface area contributed by atoms with Gasteiger partial charge in [0, 0.05) is 12.5 Å². The molecule has 11 heteroatoms. The highest BCUT2D eigenvalue weighted by atomic mass is 35.5. The SMILES string of the molecule is CC(=O)N([C@H](CC(=O)O)c1ccccc1)N1C(=O)N[C@](C)(c2ccc(C(=N)N)cc2)C1=O.Cl. The van der Waals surface area contributed by atoms with Gasteiger partial charge in [-0.25, -0.2) is 9.80 Å². The van der Waals surface area contributed by atoms with E-state index in [1.165, 1.54) is 6.92 Å². The van der Waals surface area contributed by atoms with Crippen molar-refractivity contribution in [1.82, 2.24) is 15.3 Å². The zero-order valence-corrected chi connectivity index (χ0v) is 18.8. The van der Waals surface area contributed by atoms with Crippen molar-refractivity contribution < 1.29 is 24.3 Å². The molecule has 10 nitrogen and oxygen atoms in total. The average Bonchev–Trinajstić information content (AvgIpc) is 2.97. The van der Waals surface area contributed by atoms with Gasteiger partial charge in [-0.2, -0.15) is 5.01 Å². The summed E-state index contributed by atoms with van der Waals surface area (Å²) in [4.78, 5) is 50.5. The first kappa shape index (κ1) is 25.3. The first-order chi connectivity index (χ1) is 15.1. The third-order valence-electron chi connectivity index (χ3n) is 5.33. The van der Waals surface area contributed by atoms with E-state index in [0.29, 0.717) is 21.7 Å². The quantitative estimate of drug-likeness (QED) is 0.274. The van der Waals surface area contributed by atoms with Gasteiger partial charge in [0.2, 0.25) is 5.91 Å². The van der Waals surface area contributed by atoms with Crippen LogP contribution in [-0.2, 0) is 19.9 Å². The smallest absolute Gasteiger partial charge is 0.344 e. The number of carboxylic acid groups (broad SMARTS) is 1. The minimum absolute atomic E-state index is 0. The van der Waals surface area contributed by atoms with Gasteiger partial charge in [-0.1, -0.05) is 54.6 Å². The molecule has 3 rings (SSSR count). The van der Waals surface area contributed by atoms with Crippen LogP contribution in [0.5, 0.6) is 0 Å². The predicted molar refractivity (Wildman–Crippen MR) is 121 cm³/mol. The molecular formula is C22H24ClN5O5. The molecule has 0 radical (unpaired) electrons. The van der Waals surface area contributed by atoms with Gasteiger partial charge < -0.3 is 16.2 Å². The van der Waals surface area contributed by atoms with Crippen LogP contribution >= 0.6 is 12.4 Å². The number of carboxylic acids is 1. The maximum Gasteiger partial charge on any atom is 0.344 e. The van der Waals surface area contributed by atoms with Crippen LogP contribution in [0.15, 0.2) is 54.6 Å². The number of amidine groups is 1. The Hall–Kier alpha value is -3.92. The van der Waals surface area contributed by atoms with E-state index in [1.54, 1.807) is 54.6 Å². The maximum absolute atomic E-state index is 13.5. The number of imide groups is 1. The van der Waals surface area contributed by atoms with Crippen LogP contribution in [0, 0.1) is 5.41 Å². The number of urea groups is 1. The second kappa shape index (κ2) is 9.70. The van der Waals surface area contributed by atoms with Crippen molar-refractivity contribution in [1.29, 1.82) is 5.41 Å². The molecule has 0 spiro atoms. The molecular weight excluding hydrogens is 450 g/mol. The molecule has 4 amide bonds. The van der Waals surface area contributed by atoms with Crippen LogP contribution in [0.25, 0.3) is 0 Å². The van der Waals surface area contributed by atoms with Crippen molar-refractivity contribution in [3.05, 3.63) is 71.3 Å². The van der Waals surface area contributed by atoms with Crippen LogP contribution in [0.3, 0.4) is 0 Å². The van der Waals surface area contributed by atoms with Gasteiger partial charge >= 0.3 is 12.0 Å². The predicted octanol–water partition coefficient (Wildman–Crippen LogP) is 2.14. The standard InChI is InChI=1S/C22H23N5O5.ClH/c1-13(28)26(17(12-18(29)30)14-6-4-3-5-7-14)27-20(31)22(2,25-21(27)32)16-10-8-15(9-11-16)19(23)24;/h3-11,17H,12H2,1-2H3,(H3,23,24)(H,25,32)(H,29,30);1H/t17-,22-;/m1./s1. The lowest BCUT2D eigenvalue weighted by atomic mass is 9.91. The number of hydrogen-bond acceptors (Lipinski definition) is 5. The lowest BCUT2D eigenvalue weighted by molar-refractivity contribution is -0.162. The Bertz CT molecular complexity index is 1090. The molecule has 1 aliphatic rings. The fraction of sp³-hybridized carbons (Fsp3) is 0.227. The summed E-state index contributed by atoms with van der Waals surface area (Å²) in [5, 5.41) is 21.1. The summed E-state index contributed by atoms with van der Waals surface area (Å²) in [6.45, 7) is 2.65. The number of nitrogen functional groups attached to an aromatic ring is 1. The molecule has 2 aromatic carbocycles. The summed E-state index contributed by atoms with van der Waals surface area (Å²) in [7, 11) is 0. The second-order valence-corrected chi connectivity index (χ2v) is 7.55. The molecule has 1 saturated heterocycles. The Morgan fingerprint density at radius 2 is 1.73 bits per heavy atom. The molecule has 33 heavy (non-hydrogen) atoms. The molecule has 1 heterocycles.